The van der Waals surface area contributed by atoms with Gasteiger partial charge in [0, 0.05) is 18.3 Å². The van der Waals surface area contributed by atoms with E-state index in [1.165, 1.54) is 11.3 Å². The van der Waals surface area contributed by atoms with E-state index >= 15 is 0 Å². The molecule has 4 N–H and O–H groups in total. The Balaban J connectivity index is 1.58. The summed E-state index contributed by atoms with van der Waals surface area (Å²) in [6, 6.07) is 5.28. The molecule has 0 spiro atoms. The molecule has 0 fully saturated rings. The molecular weight excluding hydrogens is 432 g/mol. The number of benzene rings is 1. The fraction of sp³-hybridized carbons (Fsp3) is 0.273. The van der Waals surface area contributed by atoms with E-state index in [1.807, 2.05) is 6.92 Å². The summed E-state index contributed by atoms with van der Waals surface area (Å²) in [6.45, 7) is 2.10. The zero-order valence-corrected chi connectivity index (χ0v) is 18.4. The second-order valence-electron chi connectivity index (χ2n) is 7.33. The van der Waals surface area contributed by atoms with Crippen molar-refractivity contribution >= 4 is 44.8 Å². The van der Waals surface area contributed by atoms with Crippen LogP contribution >= 0.6 is 11.3 Å². The molecule has 0 saturated heterocycles. The largest absolute Gasteiger partial charge is 0.482 e. The van der Waals surface area contributed by atoms with E-state index in [4.69, 9.17) is 4.74 Å². The van der Waals surface area contributed by atoms with E-state index in [-0.39, 0.29) is 37.1 Å². The fourth-order valence-corrected chi connectivity index (χ4v) is 4.85. The number of pyridine rings is 1. The molecule has 3 aromatic rings. The van der Waals surface area contributed by atoms with Gasteiger partial charge in [-0.05, 0) is 40.6 Å². The molecule has 2 aromatic heterocycles. The average molecular weight is 455 g/mol. The minimum atomic E-state index is -0.403. The maximum absolute atomic E-state index is 12.9. The molecule has 0 saturated carbocycles. The van der Waals surface area contributed by atoms with Crippen molar-refractivity contribution in [3.8, 4) is 5.75 Å². The first-order chi connectivity index (χ1) is 15.4. The highest BCUT2D eigenvalue weighted by Crippen LogP contribution is 2.30. The van der Waals surface area contributed by atoms with E-state index < -0.39 is 11.5 Å². The minimum absolute atomic E-state index is 0.0216. The Morgan fingerprint density at radius 3 is 2.81 bits per heavy atom. The number of hydrogen-bond donors (Lipinski definition) is 4. The number of rotatable bonds is 6. The molecule has 0 aliphatic carbocycles. The molecule has 9 nitrogen and oxygen atoms in total. The number of carbonyl (C=O) groups excluding carboxylic acids is 3. The van der Waals surface area contributed by atoms with Gasteiger partial charge in [0.1, 0.15) is 11.4 Å². The van der Waals surface area contributed by atoms with Crippen LogP contribution in [0.2, 0.25) is 0 Å². The molecule has 166 valence electrons. The van der Waals surface area contributed by atoms with E-state index in [1.54, 1.807) is 30.6 Å². The van der Waals surface area contributed by atoms with Crippen LogP contribution in [-0.4, -0.2) is 36.4 Å². The Labute approximate surface area is 187 Å². The smallest absolute Gasteiger partial charge is 0.268 e. The zero-order valence-electron chi connectivity index (χ0n) is 17.6. The molecule has 3 heterocycles. The van der Waals surface area contributed by atoms with Crippen LogP contribution in [0.1, 0.15) is 34.1 Å². The van der Waals surface area contributed by atoms with Gasteiger partial charge >= 0.3 is 0 Å². The molecule has 1 aliphatic heterocycles. The van der Waals surface area contributed by atoms with Crippen LogP contribution in [-0.2, 0) is 29.0 Å². The van der Waals surface area contributed by atoms with Crippen LogP contribution in [0.4, 0.5) is 5.69 Å². The van der Waals surface area contributed by atoms with Crippen LogP contribution < -0.4 is 26.2 Å². The van der Waals surface area contributed by atoms with E-state index in [9.17, 15) is 19.2 Å². The number of anilines is 1. The van der Waals surface area contributed by atoms with Gasteiger partial charge in [-0.15, -0.1) is 11.3 Å². The topological polar surface area (TPSA) is 129 Å². The van der Waals surface area contributed by atoms with Crippen molar-refractivity contribution in [3.05, 3.63) is 56.3 Å². The fourth-order valence-electron chi connectivity index (χ4n) is 3.66. The predicted octanol–water partition coefficient (Wildman–Crippen LogP) is 1.70. The number of fused-ring (bicyclic) bond motifs is 2. The van der Waals surface area contributed by atoms with Crippen LogP contribution in [0.15, 0.2) is 28.4 Å². The maximum atomic E-state index is 12.9. The number of hydrogen-bond acceptors (Lipinski definition) is 6. The van der Waals surface area contributed by atoms with Gasteiger partial charge in [-0.25, -0.2) is 0 Å². The molecule has 32 heavy (non-hydrogen) atoms. The van der Waals surface area contributed by atoms with E-state index in [0.29, 0.717) is 33.5 Å². The minimum Gasteiger partial charge on any atom is -0.482 e. The molecule has 10 heteroatoms. The Kier molecular flexibility index (Phi) is 5.95. The third-order valence-corrected chi connectivity index (χ3v) is 6.34. The number of aryl methyl sites for hydroxylation is 1. The Morgan fingerprint density at radius 1 is 1.25 bits per heavy atom. The first kappa shape index (κ1) is 21.6. The second kappa shape index (κ2) is 8.83. The molecule has 0 atom stereocenters. The molecule has 1 aliphatic rings. The van der Waals surface area contributed by atoms with Gasteiger partial charge in [-0.1, -0.05) is 13.0 Å². The monoisotopic (exact) mass is 454 g/mol. The number of likely N-dealkylation sites (N-methyl/N-ethyl adjacent to an activating group) is 1. The summed E-state index contributed by atoms with van der Waals surface area (Å²) in [4.78, 5) is 51.7. The number of aromatic amines is 1. The van der Waals surface area contributed by atoms with Gasteiger partial charge in [-0.3, -0.25) is 19.2 Å². The van der Waals surface area contributed by atoms with Gasteiger partial charge in [0.05, 0.1) is 17.5 Å². The molecule has 0 radical (unpaired) electrons. The summed E-state index contributed by atoms with van der Waals surface area (Å²) >= 11 is 1.36. The first-order valence-corrected chi connectivity index (χ1v) is 11.0. The number of thiophene rings is 1. The summed E-state index contributed by atoms with van der Waals surface area (Å²) in [5.74, 6) is -0.243. The van der Waals surface area contributed by atoms with Crippen molar-refractivity contribution in [2.24, 2.45) is 0 Å². The normalized spacial score (nSPS) is 12.6. The number of ether oxygens (including phenoxy) is 1. The number of aromatic nitrogens is 1. The molecule has 1 aromatic carbocycles. The lowest BCUT2D eigenvalue weighted by molar-refractivity contribution is -0.120. The maximum Gasteiger partial charge on any atom is 0.268 e. The Bertz CT molecular complexity index is 1290. The highest BCUT2D eigenvalue weighted by molar-refractivity contribution is 7.17. The summed E-state index contributed by atoms with van der Waals surface area (Å²) < 4.78 is 6.06. The van der Waals surface area contributed by atoms with Crippen LogP contribution in [0.3, 0.4) is 0 Å². The number of amides is 3. The average Bonchev–Trinajstić information content (AvgIpc) is 3.21. The van der Waals surface area contributed by atoms with Crippen LogP contribution in [0, 0.1) is 0 Å². The molecule has 3 amide bonds. The van der Waals surface area contributed by atoms with Gasteiger partial charge < -0.3 is 25.7 Å². The quantitative estimate of drug-likeness (QED) is 0.451. The molecule has 0 bridgehead atoms. The summed E-state index contributed by atoms with van der Waals surface area (Å²) in [7, 11) is 1.55. The lowest BCUT2D eigenvalue weighted by atomic mass is 10.0. The highest BCUT2D eigenvalue weighted by Gasteiger charge is 2.21. The van der Waals surface area contributed by atoms with Gasteiger partial charge in [0.15, 0.2) is 6.61 Å². The van der Waals surface area contributed by atoms with Gasteiger partial charge in [-0.2, -0.15) is 0 Å². The van der Waals surface area contributed by atoms with Crippen molar-refractivity contribution in [2.45, 2.75) is 26.3 Å². The first-order valence-electron chi connectivity index (χ1n) is 10.1. The third kappa shape index (κ3) is 4.09. The van der Waals surface area contributed by atoms with Gasteiger partial charge in [0.2, 0.25) is 5.91 Å². The van der Waals surface area contributed by atoms with Crippen molar-refractivity contribution in [1.82, 2.24) is 15.6 Å². The van der Waals surface area contributed by atoms with Crippen molar-refractivity contribution in [3.63, 3.8) is 0 Å². The van der Waals surface area contributed by atoms with E-state index in [2.05, 4.69) is 20.9 Å². The second-order valence-corrected chi connectivity index (χ2v) is 8.21. The lowest BCUT2D eigenvalue weighted by Gasteiger charge is -2.18. The van der Waals surface area contributed by atoms with Crippen molar-refractivity contribution in [1.29, 1.82) is 0 Å². The SMILES string of the molecule is CCc1c(C(=O)NCc2ccc3c(c2)NC(=O)CO3)[nH]c(=O)c2c(CC(=O)NC)csc12. The number of H-pyrrole nitrogens is 1. The molecular formula is C22H22N4O5S. The van der Waals surface area contributed by atoms with Crippen LogP contribution in [0.5, 0.6) is 5.75 Å². The Morgan fingerprint density at radius 2 is 2.06 bits per heavy atom. The Hall–Kier alpha value is -3.66. The van der Waals surface area contributed by atoms with Crippen molar-refractivity contribution < 1.29 is 19.1 Å². The number of nitrogens with one attached hydrogen (secondary N) is 4. The lowest BCUT2D eigenvalue weighted by Crippen LogP contribution is -2.28. The van der Waals surface area contributed by atoms with E-state index in [0.717, 1.165) is 11.1 Å². The highest BCUT2D eigenvalue weighted by atomic mass is 32.1. The summed E-state index contributed by atoms with van der Waals surface area (Å²) in [6.07, 6.45) is 0.644. The number of carbonyl (C=O) groups is 3. The third-order valence-electron chi connectivity index (χ3n) is 5.25. The van der Waals surface area contributed by atoms with Crippen LogP contribution in [0.25, 0.3) is 10.1 Å². The summed E-state index contributed by atoms with van der Waals surface area (Å²) in [5.41, 5.74) is 2.53. The van der Waals surface area contributed by atoms with Gasteiger partial charge in [0.25, 0.3) is 17.4 Å². The zero-order chi connectivity index (χ0) is 22.8. The summed E-state index contributed by atoms with van der Waals surface area (Å²) in [5, 5.41) is 10.4. The van der Waals surface area contributed by atoms with Crippen molar-refractivity contribution in [2.75, 3.05) is 19.0 Å². The predicted molar refractivity (Wildman–Crippen MR) is 121 cm³/mol. The molecule has 4 rings (SSSR count). The standard InChI is InChI=1S/C22H22N4O5S/c1-3-13-19(26-21(29)18-12(7-16(27)23-2)10-32-20(13)18)22(30)24-8-11-4-5-15-14(6-11)25-17(28)9-31-15/h4-6,10H,3,7-9H2,1-2H3,(H,23,27)(H,24,30)(H,25,28)(H,26,29). The molecule has 0 unspecified atom stereocenters.